The molecular formula is C25H39N3O4. The van der Waals surface area contributed by atoms with E-state index in [1.165, 1.54) is 19.3 Å². The van der Waals surface area contributed by atoms with E-state index in [1.807, 2.05) is 24.3 Å². The fraction of sp³-hybridized carbons (Fsp3) is 0.680. The van der Waals surface area contributed by atoms with Crippen LogP contribution in [0.2, 0.25) is 0 Å². The molecule has 0 atom stereocenters. The molecule has 2 fully saturated rings. The minimum Gasteiger partial charge on any atom is -0.492 e. The van der Waals surface area contributed by atoms with Gasteiger partial charge in [-0.05, 0) is 56.3 Å². The third kappa shape index (κ3) is 8.79. The number of nitrogens with one attached hydrogen (secondary N) is 2. The van der Waals surface area contributed by atoms with E-state index in [2.05, 4.69) is 22.6 Å². The standard InChI is InChI=1S/C25H39N3O4/c1-28(22-10-13-31-14-11-22)12-15-32-23-9-5-8-21(16-23)18-26-25(30)19-27-24(29)17-20-6-3-2-4-7-20/h5,8-9,16,20,22H,2-4,6-7,10-15,17-19H2,1H3,(H,26,30)(H,27,29). The number of hydrogen-bond donors (Lipinski definition) is 2. The van der Waals surface area contributed by atoms with Crippen LogP contribution in [0.5, 0.6) is 5.75 Å². The largest absolute Gasteiger partial charge is 0.492 e. The second-order valence-corrected chi connectivity index (χ2v) is 9.08. The number of likely N-dealkylation sites (N-methyl/N-ethyl adjacent to an activating group) is 1. The highest BCUT2D eigenvalue weighted by atomic mass is 16.5. The second kappa shape index (κ2) is 13.4. The van der Waals surface area contributed by atoms with Gasteiger partial charge < -0.3 is 20.1 Å². The molecule has 1 aliphatic heterocycles. The van der Waals surface area contributed by atoms with Crippen molar-refractivity contribution in [1.29, 1.82) is 0 Å². The Labute approximate surface area is 192 Å². The first-order chi connectivity index (χ1) is 15.6. The Morgan fingerprint density at radius 2 is 1.84 bits per heavy atom. The van der Waals surface area contributed by atoms with Crippen molar-refractivity contribution in [1.82, 2.24) is 15.5 Å². The predicted molar refractivity (Wildman–Crippen MR) is 124 cm³/mol. The number of rotatable bonds is 11. The summed E-state index contributed by atoms with van der Waals surface area (Å²) in [4.78, 5) is 26.5. The van der Waals surface area contributed by atoms with E-state index >= 15 is 0 Å². The molecule has 0 unspecified atom stereocenters. The van der Waals surface area contributed by atoms with Crippen LogP contribution in [0.1, 0.15) is 56.9 Å². The zero-order valence-electron chi connectivity index (χ0n) is 19.4. The summed E-state index contributed by atoms with van der Waals surface area (Å²) in [5, 5.41) is 5.63. The average molecular weight is 446 g/mol. The molecule has 178 valence electrons. The average Bonchev–Trinajstić information content (AvgIpc) is 2.83. The summed E-state index contributed by atoms with van der Waals surface area (Å²) >= 11 is 0. The normalized spacial score (nSPS) is 17.8. The molecule has 1 aromatic rings. The topological polar surface area (TPSA) is 79.9 Å². The molecule has 0 radical (unpaired) electrons. The van der Waals surface area contributed by atoms with Gasteiger partial charge in [-0.1, -0.05) is 31.4 Å². The molecule has 0 aromatic heterocycles. The van der Waals surface area contributed by atoms with E-state index in [4.69, 9.17) is 9.47 Å². The number of ether oxygens (including phenoxy) is 2. The van der Waals surface area contributed by atoms with Crippen LogP contribution in [0.4, 0.5) is 0 Å². The summed E-state index contributed by atoms with van der Waals surface area (Å²) in [5.41, 5.74) is 0.974. The first-order valence-electron chi connectivity index (χ1n) is 12.1. The van der Waals surface area contributed by atoms with E-state index in [1.54, 1.807) is 0 Å². The first kappa shape index (κ1) is 24.5. The summed E-state index contributed by atoms with van der Waals surface area (Å²) in [6, 6.07) is 8.35. The van der Waals surface area contributed by atoms with Crippen LogP contribution in [0, 0.1) is 5.92 Å². The number of hydrogen-bond acceptors (Lipinski definition) is 5. The maximum absolute atomic E-state index is 12.1. The fourth-order valence-corrected chi connectivity index (χ4v) is 4.53. The predicted octanol–water partition coefficient (Wildman–Crippen LogP) is 2.88. The highest BCUT2D eigenvalue weighted by Gasteiger charge is 2.18. The summed E-state index contributed by atoms with van der Waals surface area (Å²) in [5.74, 6) is 1.09. The van der Waals surface area contributed by atoms with Gasteiger partial charge in [-0.3, -0.25) is 14.5 Å². The number of nitrogens with zero attached hydrogens (tertiary/aromatic N) is 1. The molecule has 7 nitrogen and oxygen atoms in total. The van der Waals surface area contributed by atoms with Crippen LogP contribution in [0.15, 0.2) is 24.3 Å². The van der Waals surface area contributed by atoms with Gasteiger partial charge in [0.15, 0.2) is 0 Å². The molecule has 32 heavy (non-hydrogen) atoms. The molecule has 1 saturated heterocycles. The van der Waals surface area contributed by atoms with Crippen LogP contribution in [0.3, 0.4) is 0 Å². The Morgan fingerprint density at radius 3 is 2.62 bits per heavy atom. The summed E-state index contributed by atoms with van der Waals surface area (Å²) in [6.45, 7) is 3.61. The fourth-order valence-electron chi connectivity index (χ4n) is 4.53. The molecule has 0 bridgehead atoms. The Bertz CT molecular complexity index is 715. The SMILES string of the molecule is CN(CCOc1cccc(CNC(=O)CNC(=O)CC2CCCCC2)c1)C1CCOCC1. The van der Waals surface area contributed by atoms with E-state index in [0.29, 0.717) is 31.5 Å². The highest BCUT2D eigenvalue weighted by molar-refractivity contribution is 5.84. The van der Waals surface area contributed by atoms with Gasteiger partial charge in [0.2, 0.25) is 11.8 Å². The maximum Gasteiger partial charge on any atom is 0.239 e. The summed E-state index contributed by atoms with van der Waals surface area (Å²) in [7, 11) is 2.14. The van der Waals surface area contributed by atoms with Crippen molar-refractivity contribution in [2.24, 2.45) is 5.92 Å². The van der Waals surface area contributed by atoms with E-state index in [0.717, 1.165) is 56.8 Å². The Hall–Kier alpha value is -2.12. The van der Waals surface area contributed by atoms with Gasteiger partial charge in [-0.2, -0.15) is 0 Å². The summed E-state index contributed by atoms with van der Waals surface area (Å²) in [6.07, 6.45) is 8.66. The van der Waals surface area contributed by atoms with Crippen LogP contribution < -0.4 is 15.4 Å². The maximum atomic E-state index is 12.1. The molecule has 7 heteroatoms. The van der Waals surface area contributed by atoms with Crippen molar-refractivity contribution in [2.75, 3.05) is 40.0 Å². The number of carbonyl (C=O) groups is 2. The zero-order valence-corrected chi connectivity index (χ0v) is 19.4. The Kier molecular flexibility index (Phi) is 10.3. The van der Waals surface area contributed by atoms with Crippen LogP contribution >= 0.6 is 0 Å². The molecule has 0 spiro atoms. The summed E-state index contributed by atoms with van der Waals surface area (Å²) < 4.78 is 11.3. The van der Waals surface area contributed by atoms with Crippen molar-refractivity contribution in [2.45, 2.75) is 64.0 Å². The zero-order chi connectivity index (χ0) is 22.6. The highest BCUT2D eigenvalue weighted by Crippen LogP contribution is 2.26. The van der Waals surface area contributed by atoms with Gasteiger partial charge in [0, 0.05) is 38.8 Å². The molecule has 1 aromatic carbocycles. The number of benzene rings is 1. The van der Waals surface area contributed by atoms with Gasteiger partial charge in [-0.15, -0.1) is 0 Å². The van der Waals surface area contributed by atoms with Crippen LogP contribution in [-0.4, -0.2) is 62.7 Å². The number of amides is 2. The lowest BCUT2D eigenvalue weighted by molar-refractivity contribution is -0.126. The van der Waals surface area contributed by atoms with E-state index in [-0.39, 0.29) is 18.4 Å². The lowest BCUT2D eigenvalue weighted by Gasteiger charge is -2.31. The quantitative estimate of drug-likeness (QED) is 0.548. The van der Waals surface area contributed by atoms with E-state index < -0.39 is 0 Å². The van der Waals surface area contributed by atoms with Crippen molar-refractivity contribution in [3.63, 3.8) is 0 Å². The minimum atomic E-state index is -0.175. The van der Waals surface area contributed by atoms with Gasteiger partial charge in [0.05, 0.1) is 6.54 Å². The molecular weight excluding hydrogens is 406 g/mol. The third-order valence-electron chi connectivity index (χ3n) is 6.56. The number of carbonyl (C=O) groups excluding carboxylic acids is 2. The van der Waals surface area contributed by atoms with Gasteiger partial charge in [-0.25, -0.2) is 0 Å². The lowest BCUT2D eigenvalue weighted by atomic mass is 9.87. The molecule has 1 aliphatic carbocycles. The molecule has 2 N–H and O–H groups in total. The third-order valence-corrected chi connectivity index (χ3v) is 6.56. The van der Waals surface area contributed by atoms with Crippen molar-refractivity contribution >= 4 is 11.8 Å². The van der Waals surface area contributed by atoms with Crippen molar-refractivity contribution in [3.8, 4) is 5.75 Å². The Morgan fingerprint density at radius 1 is 1.06 bits per heavy atom. The molecule has 1 heterocycles. The minimum absolute atomic E-state index is 0.0202. The first-order valence-corrected chi connectivity index (χ1v) is 12.1. The monoisotopic (exact) mass is 445 g/mol. The second-order valence-electron chi connectivity index (χ2n) is 9.08. The van der Waals surface area contributed by atoms with Crippen molar-refractivity contribution < 1.29 is 19.1 Å². The van der Waals surface area contributed by atoms with Gasteiger partial charge in [0.25, 0.3) is 0 Å². The molecule has 2 amide bonds. The van der Waals surface area contributed by atoms with Gasteiger partial charge in [0.1, 0.15) is 12.4 Å². The van der Waals surface area contributed by atoms with Crippen molar-refractivity contribution in [3.05, 3.63) is 29.8 Å². The van der Waals surface area contributed by atoms with Crippen LogP contribution in [0.25, 0.3) is 0 Å². The van der Waals surface area contributed by atoms with Gasteiger partial charge >= 0.3 is 0 Å². The molecule has 1 saturated carbocycles. The lowest BCUT2D eigenvalue weighted by Crippen LogP contribution is -2.38. The smallest absolute Gasteiger partial charge is 0.239 e. The molecule has 2 aliphatic rings. The van der Waals surface area contributed by atoms with Crippen LogP contribution in [-0.2, 0) is 20.9 Å². The molecule has 3 rings (SSSR count). The Balaban J connectivity index is 1.31. The van der Waals surface area contributed by atoms with E-state index in [9.17, 15) is 9.59 Å².